The highest BCUT2D eigenvalue weighted by molar-refractivity contribution is 5.76. The largest absolute Gasteiger partial charge is 0.426 e. The number of fused-ring (bicyclic) bond motifs is 2. The lowest BCUT2D eigenvalue weighted by molar-refractivity contribution is -0.139. The van der Waals surface area contributed by atoms with Crippen LogP contribution < -0.4 is 4.74 Å². The van der Waals surface area contributed by atoms with Crippen LogP contribution in [0.4, 0.5) is 0 Å². The number of rotatable bonds is 2. The van der Waals surface area contributed by atoms with E-state index in [2.05, 4.69) is 19.1 Å². The van der Waals surface area contributed by atoms with E-state index in [1.165, 1.54) is 0 Å². The van der Waals surface area contributed by atoms with Crippen molar-refractivity contribution in [2.24, 2.45) is 17.3 Å². The molecule has 2 aliphatic rings. The van der Waals surface area contributed by atoms with E-state index in [0.717, 1.165) is 12.8 Å². The van der Waals surface area contributed by atoms with E-state index < -0.39 is 0 Å². The number of ether oxygens (including phenoxy) is 1. The molecule has 2 heteroatoms. The zero-order valence-electron chi connectivity index (χ0n) is 9.93. The van der Waals surface area contributed by atoms with Crippen LogP contribution in [-0.2, 0) is 4.79 Å². The summed E-state index contributed by atoms with van der Waals surface area (Å²) < 4.78 is 5.42. The fourth-order valence-electron chi connectivity index (χ4n) is 3.05. The van der Waals surface area contributed by atoms with Crippen LogP contribution in [0.1, 0.15) is 19.8 Å². The lowest BCUT2D eigenvalue weighted by atomic mass is 9.86. The summed E-state index contributed by atoms with van der Waals surface area (Å²) >= 11 is 0. The van der Waals surface area contributed by atoms with Crippen molar-refractivity contribution in [1.82, 2.24) is 0 Å². The molecule has 1 aromatic rings. The summed E-state index contributed by atoms with van der Waals surface area (Å²) in [7, 11) is 0. The monoisotopic (exact) mass is 228 g/mol. The van der Waals surface area contributed by atoms with Gasteiger partial charge in [-0.1, -0.05) is 37.3 Å². The summed E-state index contributed by atoms with van der Waals surface area (Å²) in [6, 6.07) is 9.32. The lowest BCUT2D eigenvalue weighted by Gasteiger charge is -2.20. The Kier molecular flexibility index (Phi) is 2.32. The Morgan fingerprint density at radius 1 is 1.29 bits per heavy atom. The second-order valence-electron chi connectivity index (χ2n) is 5.43. The fraction of sp³-hybridized carbons (Fsp3) is 0.400. The Morgan fingerprint density at radius 3 is 2.65 bits per heavy atom. The van der Waals surface area contributed by atoms with E-state index >= 15 is 0 Å². The second kappa shape index (κ2) is 3.73. The van der Waals surface area contributed by atoms with Crippen molar-refractivity contribution in [1.29, 1.82) is 0 Å². The first-order chi connectivity index (χ1) is 8.16. The molecule has 0 aliphatic heterocycles. The molecule has 1 fully saturated rings. The Bertz CT molecular complexity index is 463. The van der Waals surface area contributed by atoms with Gasteiger partial charge in [0.05, 0.1) is 5.92 Å². The first-order valence-electron chi connectivity index (χ1n) is 6.12. The lowest BCUT2D eigenvalue weighted by Crippen LogP contribution is -2.25. The van der Waals surface area contributed by atoms with Gasteiger partial charge in [0.1, 0.15) is 5.75 Å². The summed E-state index contributed by atoms with van der Waals surface area (Å²) in [6.07, 6.45) is 6.46. The minimum Gasteiger partial charge on any atom is -0.426 e. The summed E-state index contributed by atoms with van der Waals surface area (Å²) in [6.45, 7) is 2.22. The number of hydrogen-bond acceptors (Lipinski definition) is 2. The summed E-state index contributed by atoms with van der Waals surface area (Å²) in [4.78, 5) is 12.1. The van der Waals surface area contributed by atoms with Crippen molar-refractivity contribution >= 4 is 5.97 Å². The molecule has 17 heavy (non-hydrogen) atoms. The van der Waals surface area contributed by atoms with E-state index in [1.54, 1.807) is 0 Å². The third-order valence-electron chi connectivity index (χ3n) is 3.92. The highest BCUT2D eigenvalue weighted by atomic mass is 16.5. The van der Waals surface area contributed by atoms with Crippen LogP contribution in [0.2, 0.25) is 0 Å². The molecule has 0 aromatic heterocycles. The minimum absolute atomic E-state index is 0.0465. The molecule has 1 saturated carbocycles. The van der Waals surface area contributed by atoms with Crippen molar-refractivity contribution in [3.63, 3.8) is 0 Å². The smallest absolute Gasteiger partial charge is 0.314 e. The van der Waals surface area contributed by atoms with Gasteiger partial charge in [0, 0.05) is 0 Å². The maximum Gasteiger partial charge on any atom is 0.314 e. The number of carbonyl (C=O) groups excluding carboxylic acids is 1. The summed E-state index contributed by atoms with van der Waals surface area (Å²) in [5, 5.41) is 0. The van der Waals surface area contributed by atoms with E-state index in [-0.39, 0.29) is 17.3 Å². The van der Waals surface area contributed by atoms with Gasteiger partial charge in [-0.05, 0) is 36.3 Å². The highest BCUT2D eigenvalue weighted by Gasteiger charge is 2.47. The van der Waals surface area contributed by atoms with Crippen LogP contribution in [0.3, 0.4) is 0 Å². The highest BCUT2D eigenvalue weighted by Crippen LogP contribution is 2.52. The Morgan fingerprint density at radius 2 is 2.06 bits per heavy atom. The zero-order chi connectivity index (χ0) is 11.9. The van der Waals surface area contributed by atoms with Crippen molar-refractivity contribution in [3.8, 4) is 5.75 Å². The molecule has 2 bridgehead atoms. The molecule has 0 radical (unpaired) electrons. The Balaban J connectivity index is 1.71. The van der Waals surface area contributed by atoms with Crippen molar-refractivity contribution in [2.45, 2.75) is 19.8 Å². The number of benzene rings is 1. The number of esters is 1. The van der Waals surface area contributed by atoms with Crippen molar-refractivity contribution in [3.05, 3.63) is 42.5 Å². The van der Waals surface area contributed by atoms with Crippen LogP contribution in [-0.4, -0.2) is 5.97 Å². The molecule has 2 aliphatic carbocycles. The van der Waals surface area contributed by atoms with Crippen molar-refractivity contribution < 1.29 is 9.53 Å². The van der Waals surface area contributed by atoms with E-state index in [9.17, 15) is 4.79 Å². The van der Waals surface area contributed by atoms with Gasteiger partial charge in [-0.15, -0.1) is 0 Å². The van der Waals surface area contributed by atoms with Gasteiger partial charge in [-0.25, -0.2) is 0 Å². The maximum absolute atomic E-state index is 12.1. The summed E-state index contributed by atoms with van der Waals surface area (Å²) in [5.74, 6) is 1.00. The SMILES string of the molecule is CC12C=CC(C1)C(C(=O)Oc1ccccc1)C2. The number of hydrogen-bond donors (Lipinski definition) is 0. The number of allylic oxidation sites excluding steroid dienone is 2. The molecule has 0 N–H and O–H groups in total. The molecule has 0 saturated heterocycles. The van der Waals surface area contributed by atoms with Crippen LogP contribution in [0.15, 0.2) is 42.5 Å². The standard InChI is InChI=1S/C15H16O2/c1-15-8-7-11(9-15)13(10-15)14(16)17-12-5-3-2-4-6-12/h2-8,11,13H,9-10H2,1H3. The van der Waals surface area contributed by atoms with E-state index in [4.69, 9.17) is 4.74 Å². The predicted octanol–water partition coefficient (Wildman–Crippen LogP) is 3.19. The third kappa shape index (κ3) is 1.88. The molecule has 88 valence electrons. The quantitative estimate of drug-likeness (QED) is 0.441. The Labute approximate surface area is 101 Å². The first-order valence-corrected chi connectivity index (χ1v) is 6.12. The van der Waals surface area contributed by atoms with Gasteiger partial charge < -0.3 is 4.74 Å². The molecule has 3 atom stereocenters. The van der Waals surface area contributed by atoms with Crippen molar-refractivity contribution in [2.75, 3.05) is 0 Å². The molecular weight excluding hydrogens is 212 g/mol. The maximum atomic E-state index is 12.1. The number of carbonyl (C=O) groups is 1. The van der Waals surface area contributed by atoms with Gasteiger partial charge in [-0.3, -0.25) is 4.79 Å². The molecule has 2 nitrogen and oxygen atoms in total. The average Bonchev–Trinajstić information content (AvgIpc) is 2.85. The first kappa shape index (κ1) is 10.6. The molecule has 0 spiro atoms. The molecule has 0 heterocycles. The zero-order valence-corrected chi connectivity index (χ0v) is 9.93. The number of para-hydroxylation sites is 1. The van der Waals surface area contributed by atoms with Crippen LogP contribution in [0.5, 0.6) is 5.75 Å². The van der Waals surface area contributed by atoms with Gasteiger partial charge in [0.15, 0.2) is 0 Å². The molecule has 1 aromatic carbocycles. The van der Waals surface area contributed by atoms with E-state index in [1.807, 2.05) is 30.3 Å². The third-order valence-corrected chi connectivity index (χ3v) is 3.92. The summed E-state index contributed by atoms with van der Waals surface area (Å²) in [5.41, 5.74) is 0.227. The van der Waals surface area contributed by atoms with Gasteiger partial charge in [0.25, 0.3) is 0 Å². The van der Waals surface area contributed by atoms with Gasteiger partial charge in [0.2, 0.25) is 0 Å². The van der Waals surface area contributed by atoms with Crippen LogP contribution in [0.25, 0.3) is 0 Å². The second-order valence-corrected chi connectivity index (χ2v) is 5.43. The Hall–Kier alpha value is -1.57. The average molecular weight is 228 g/mol. The predicted molar refractivity (Wildman–Crippen MR) is 65.5 cm³/mol. The molecule has 3 rings (SSSR count). The molecular formula is C15H16O2. The topological polar surface area (TPSA) is 26.3 Å². The van der Waals surface area contributed by atoms with E-state index in [0.29, 0.717) is 11.7 Å². The van der Waals surface area contributed by atoms with Gasteiger partial charge in [-0.2, -0.15) is 0 Å². The fourth-order valence-corrected chi connectivity index (χ4v) is 3.05. The molecule has 3 unspecified atom stereocenters. The normalized spacial score (nSPS) is 33.9. The van der Waals surface area contributed by atoms with Crippen LogP contribution in [0, 0.1) is 17.3 Å². The van der Waals surface area contributed by atoms with Gasteiger partial charge >= 0.3 is 5.97 Å². The molecule has 0 amide bonds. The van der Waals surface area contributed by atoms with Crippen LogP contribution >= 0.6 is 0 Å². The minimum atomic E-state index is -0.0747.